The van der Waals surface area contributed by atoms with Crippen LogP contribution in [-0.4, -0.2) is 40.3 Å². The lowest BCUT2D eigenvalue weighted by Gasteiger charge is -2.33. The van der Waals surface area contributed by atoms with Crippen molar-refractivity contribution in [2.24, 2.45) is 0 Å². The maximum absolute atomic E-state index is 14.0. The van der Waals surface area contributed by atoms with Crippen LogP contribution in [0.15, 0.2) is 30.3 Å². The van der Waals surface area contributed by atoms with Crippen LogP contribution < -0.4 is 0 Å². The summed E-state index contributed by atoms with van der Waals surface area (Å²) in [6.07, 6.45) is -0.454. The third kappa shape index (κ3) is 3.58. The molecule has 0 spiro atoms. The lowest BCUT2D eigenvalue weighted by atomic mass is 10.1. The van der Waals surface area contributed by atoms with E-state index in [0.717, 1.165) is 5.69 Å². The van der Waals surface area contributed by atoms with Crippen LogP contribution in [0, 0.1) is 12.7 Å². The molecule has 0 aliphatic carbocycles. The quantitative estimate of drug-likeness (QED) is 0.839. The summed E-state index contributed by atoms with van der Waals surface area (Å²) < 4.78 is 21.6. The van der Waals surface area contributed by atoms with Gasteiger partial charge in [-0.05, 0) is 39.8 Å². The van der Waals surface area contributed by atoms with E-state index in [9.17, 15) is 9.18 Å². The SMILES string of the molecule is Cc1cc(C(=O)N2CCO[C@H](c3ccccc3F)C2)nn1C(C)(C)C. The number of morpholine rings is 1. The summed E-state index contributed by atoms with van der Waals surface area (Å²) >= 11 is 0. The van der Waals surface area contributed by atoms with E-state index in [1.54, 1.807) is 29.2 Å². The fraction of sp³-hybridized carbons (Fsp3) is 0.474. The summed E-state index contributed by atoms with van der Waals surface area (Å²) in [5.74, 6) is -0.453. The normalized spacial score (nSPS) is 18.4. The van der Waals surface area contributed by atoms with Gasteiger partial charge in [-0.2, -0.15) is 5.10 Å². The number of amides is 1. The molecule has 3 rings (SSSR count). The molecule has 2 aromatic rings. The maximum Gasteiger partial charge on any atom is 0.274 e. The molecular weight excluding hydrogens is 321 g/mol. The molecule has 0 bridgehead atoms. The second-order valence-corrected chi connectivity index (χ2v) is 7.39. The number of halogens is 1. The van der Waals surface area contributed by atoms with Crippen LogP contribution in [0.4, 0.5) is 4.39 Å². The first-order valence-electron chi connectivity index (χ1n) is 8.50. The minimum Gasteiger partial charge on any atom is -0.370 e. The molecule has 1 saturated heterocycles. The van der Waals surface area contributed by atoms with E-state index < -0.39 is 6.10 Å². The van der Waals surface area contributed by atoms with Crippen molar-refractivity contribution in [2.45, 2.75) is 39.3 Å². The number of aromatic nitrogens is 2. The fourth-order valence-electron chi connectivity index (χ4n) is 3.18. The van der Waals surface area contributed by atoms with E-state index in [4.69, 9.17) is 4.74 Å². The molecule has 0 radical (unpaired) electrons. The van der Waals surface area contributed by atoms with E-state index in [-0.39, 0.29) is 17.3 Å². The molecular formula is C19H24FN3O2. The molecule has 1 aliphatic heterocycles. The van der Waals surface area contributed by atoms with Crippen LogP contribution >= 0.6 is 0 Å². The van der Waals surface area contributed by atoms with Gasteiger partial charge < -0.3 is 9.64 Å². The molecule has 25 heavy (non-hydrogen) atoms. The Labute approximate surface area is 147 Å². The molecule has 1 aromatic heterocycles. The summed E-state index contributed by atoms with van der Waals surface area (Å²) in [6.45, 7) is 9.26. The lowest BCUT2D eigenvalue weighted by molar-refractivity contribution is -0.0245. The molecule has 6 heteroatoms. The summed E-state index contributed by atoms with van der Waals surface area (Å²) in [5.41, 5.74) is 1.65. The number of hydrogen-bond donors (Lipinski definition) is 0. The lowest BCUT2D eigenvalue weighted by Crippen LogP contribution is -2.42. The van der Waals surface area contributed by atoms with Gasteiger partial charge in [0.25, 0.3) is 5.91 Å². The van der Waals surface area contributed by atoms with Gasteiger partial charge >= 0.3 is 0 Å². The van der Waals surface area contributed by atoms with Crippen LogP contribution in [0.3, 0.4) is 0 Å². The van der Waals surface area contributed by atoms with Crippen molar-refractivity contribution in [3.8, 4) is 0 Å². The van der Waals surface area contributed by atoms with Crippen molar-refractivity contribution in [3.63, 3.8) is 0 Å². The molecule has 1 aliphatic rings. The zero-order valence-electron chi connectivity index (χ0n) is 15.1. The third-order valence-corrected chi connectivity index (χ3v) is 4.35. The number of rotatable bonds is 2. The number of ether oxygens (including phenoxy) is 1. The zero-order chi connectivity index (χ0) is 18.2. The summed E-state index contributed by atoms with van der Waals surface area (Å²) in [5, 5.41) is 4.48. The van der Waals surface area contributed by atoms with E-state index in [0.29, 0.717) is 31.0 Å². The number of carbonyl (C=O) groups excluding carboxylic acids is 1. The minimum absolute atomic E-state index is 0.143. The molecule has 1 fully saturated rings. The summed E-state index contributed by atoms with van der Waals surface area (Å²) in [6, 6.07) is 8.34. The number of carbonyl (C=O) groups is 1. The van der Waals surface area contributed by atoms with Crippen molar-refractivity contribution < 1.29 is 13.9 Å². The van der Waals surface area contributed by atoms with Gasteiger partial charge in [0.05, 0.1) is 18.7 Å². The van der Waals surface area contributed by atoms with Gasteiger partial charge in [0.2, 0.25) is 0 Å². The summed E-state index contributed by atoms with van der Waals surface area (Å²) in [7, 11) is 0. The number of aryl methyl sites for hydroxylation is 1. The number of benzene rings is 1. The van der Waals surface area contributed by atoms with E-state index in [2.05, 4.69) is 5.10 Å². The van der Waals surface area contributed by atoms with Crippen LogP contribution in [0.25, 0.3) is 0 Å². The molecule has 0 unspecified atom stereocenters. The Balaban J connectivity index is 1.80. The minimum atomic E-state index is -0.454. The van der Waals surface area contributed by atoms with Gasteiger partial charge in [0.1, 0.15) is 11.9 Å². The average molecular weight is 345 g/mol. The molecule has 1 atom stereocenters. The van der Waals surface area contributed by atoms with Crippen molar-refractivity contribution in [2.75, 3.05) is 19.7 Å². The highest BCUT2D eigenvalue weighted by Crippen LogP contribution is 2.26. The average Bonchev–Trinajstić information content (AvgIpc) is 2.97. The third-order valence-electron chi connectivity index (χ3n) is 4.35. The van der Waals surface area contributed by atoms with Crippen molar-refractivity contribution in [1.82, 2.24) is 14.7 Å². The second-order valence-electron chi connectivity index (χ2n) is 7.39. The van der Waals surface area contributed by atoms with E-state index in [1.807, 2.05) is 32.4 Å². The standard InChI is InChI=1S/C19H24FN3O2/c1-13-11-16(21-23(13)19(2,3)4)18(24)22-9-10-25-17(12-22)14-7-5-6-8-15(14)20/h5-8,11,17H,9-10,12H2,1-4H3/t17-/m0/s1. The van der Waals surface area contributed by atoms with Crippen LogP contribution in [0.5, 0.6) is 0 Å². The highest BCUT2D eigenvalue weighted by molar-refractivity contribution is 5.92. The highest BCUT2D eigenvalue weighted by Gasteiger charge is 2.29. The maximum atomic E-state index is 14.0. The Morgan fingerprint density at radius 2 is 2.04 bits per heavy atom. The number of hydrogen-bond acceptors (Lipinski definition) is 3. The van der Waals surface area contributed by atoms with E-state index in [1.165, 1.54) is 6.07 Å². The molecule has 2 heterocycles. The Morgan fingerprint density at radius 1 is 1.32 bits per heavy atom. The van der Waals surface area contributed by atoms with Gasteiger partial charge in [-0.25, -0.2) is 4.39 Å². The second kappa shape index (κ2) is 6.59. The number of nitrogens with zero attached hydrogens (tertiary/aromatic N) is 3. The highest BCUT2D eigenvalue weighted by atomic mass is 19.1. The van der Waals surface area contributed by atoms with Gasteiger partial charge in [-0.3, -0.25) is 9.48 Å². The summed E-state index contributed by atoms with van der Waals surface area (Å²) in [4.78, 5) is 14.5. The van der Waals surface area contributed by atoms with Crippen LogP contribution in [0.2, 0.25) is 0 Å². The fourth-order valence-corrected chi connectivity index (χ4v) is 3.18. The molecule has 134 valence electrons. The van der Waals surface area contributed by atoms with Crippen molar-refractivity contribution in [3.05, 3.63) is 53.1 Å². The van der Waals surface area contributed by atoms with Crippen LogP contribution in [-0.2, 0) is 10.3 Å². The predicted molar refractivity (Wildman–Crippen MR) is 93.0 cm³/mol. The Morgan fingerprint density at radius 3 is 2.68 bits per heavy atom. The Hall–Kier alpha value is -2.21. The van der Waals surface area contributed by atoms with Crippen LogP contribution in [0.1, 0.15) is 48.6 Å². The molecule has 1 aromatic carbocycles. The molecule has 5 nitrogen and oxygen atoms in total. The molecule has 0 saturated carbocycles. The predicted octanol–water partition coefficient (Wildman–Crippen LogP) is 3.30. The Kier molecular flexibility index (Phi) is 4.64. The van der Waals surface area contributed by atoms with E-state index >= 15 is 0 Å². The van der Waals surface area contributed by atoms with Crippen molar-refractivity contribution >= 4 is 5.91 Å². The van der Waals surface area contributed by atoms with Gasteiger partial charge in [0, 0.05) is 17.8 Å². The van der Waals surface area contributed by atoms with Gasteiger partial charge in [-0.15, -0.1) is 0 Å². The first-order chi connectivity index (χ1) is 11.8. The largest absolute Gasteiger partial charge is 0.370 e. The topological polar surface area (TPSA) is 47.4 Å². The monoisotopic (exact) mass is 345 g/mol. The Bertz CT molecular complexity index is 779. The smallest absolute Gasteiger partial charge is 0.274 e. The van der Waals surface area contributed by atoms with Crippen molar-refractivity contribution in [1.29, 1.82) is 0 Å². The molecule has 1 amide bonds. The first-order valence-corrected chi connectivity index (χ1v) is 8.50. The van der Waals surface area contributed by atoms with Gasteiger partial charge in [0.15, 0.2) is 5.69 Å². The first kappa shape index (κ1) is 17.6. The molecule has 0 N–H and O–H groups in total. The zero-order valence-corrected chi connectivity index (χ0v) is 15.1. The van der Waals surface area contributed by atoms with Gasteiger partial charge in [-0.1, -0.05) is 18.2 Å².